The van der Waals surface area contributed by atoms with Crippen molar-refractivity contribution < 1.29 is 4.79 Å². The van der Waals surface area contributed by atoms with E-state index in [0.717, 1.165) is 11.8 Å². The maximum Gasteiger partial charge on any atom is 0.150 e. The fourth-order valence-corrected chi connectivity index (χ4v) is 0.883. The van der Waals surface area contributed by atoms with Crippen molar-refractivity contribution in [2.24, 2.45) is 0 Å². The summed E-state index contributed by atoms with van der Waals surface area (Å²) in [7, 11) is 0. The molecule has 0 unspecified atom stereocenters. The first-order valence-electron chi connectivity index (χ1n) is 3.71. The molecule has 12 heavy (non-hydrogen) atoms. The molecule has 0 bridgehead atoms. The minimum Gasteiger partial charge on any atom is -0.298 e. The molecule has 0 saturated heterocycles. The summed E-state index contributed by atoms with van der Waals surface area (Å²) in [5, 5.41) is 0. The predicted molar refractivity (Wildman–Crippen MR) is 50.7 cm³/mol. The van der Waals surface area contributed by atoms with Crippen molar-refractivity contribution in [3.8, 4) is 0 Å². The molecule has 0 spiro atoms. The Balaban J connectivity index is 2.93. The van der Waals surface area contributed by atoms with Crippen LogP contribution < -0.4 is 0 Å². The summed E-state index contributed by atoms with van der Waals surface area (Å²) in [5.41, 5.74) is 1.61. The molecule has 1 aromatic carbocycles. The second-order valence-electron chi connectivity index (χ2n) is 2.38. The van der Waals surface area contributed by atoms with E-state index in [0.29, 0.717) is 5.57 Å². The quantitative estimate of drug-likeness (QED) is 0.375. The molecule has 0 aromatic heterocycles. The normalized spacial score (nSPS) is 10.8. The predicted octanol–water partition coefficient (Wildman–Crippen LogP) is 2.45. The zero-order chi connectivity index (χ0) is 8.81. The Bertz CT molecular complexity index is 286. The number of aldehydes is 1. The molecule has 0 aliphatic carbocycles. The summed E-state index contributed by atoms with van der Waals surface area (Å²) < 4.78 is 0. The van der Waals surface area contributed by atoms with Crippen LogP contribution >= 0.6 is 0 Å². The van der Waals surface area contributed by atoms with Crippen LogP contribution in [0.15, 0.2) is 48.6 Å². The fraction of sp³-hybridized carbons (Fsp3) is 0. The highest BCUT2D eigenvalue weighted by Gasteiger charge is 1.88. The molecular formula is C11H10O. The van der Waals surface area contributed by atoms with Crippen LogP contribution in [0.2, 0.25) is 0 Å². The Labute approximate surface area is 72.0 Å². The van der Waals surface area contributed by atoms with Crippen LogP contribution in [-0.2, 0) is 4.79 Å². The van der Waals surface area contributed by atoms with E-state index in [1.165, 1.54) is 0 Å². The van der Waals surface area contributed by atoms with Gasteiger partial charge in [0.15, 0.2) is 0 Å². The highest BCUT2D eigenvalue weighted by molar-refractivity contribution is 5.85. The first-order valence-corrected chi connectivity index (χ1v) is 3.71. The number of rotatable bonds is 3. The molecular weight excluding hydrogens is 148 g/mol. The molecule has 0 aliphatic heterocycles. The molecule has 0 fully saturated rings. The van der Waals surface area contributed by atoms with Gasteiger partial charge < -0.3 is 0 Å². The molecule has 0 atom stereocenters. The maximum atomic E-state index is 10.4. The van der Waals surface area contributed by atoms with Crippen LogP contribution in [0.5, 0.6) is 0 Å². The van der Waals surface area contributed by atoms with Gasteiger partial charge in [-0.25, -0.2) is 0 Å². The molecule has 0 saturated carbocycles. The number of carbonyl (C=O) groups is 1. The van der Waals surface area contributed by atoms with Crippen molar-refractivity contribution in [2.75, 3.05) is 0 Å². The van der Waals surface area contributed by atoms with Gasteiger partial charge in [0, 0.05) is 5.57 Å². The van der Waals surface area contributed by atoms with Gasteiger partial charge >= 0.3 is 0 Å². The van der Waals surface area contributed by atoms with Crippen molar-refractivity contribution in [2.45, 2.75) is 0 Å². The highest BCUT2D eigenvalue weighted by atomic mass is 16.1. The van der Waals surface area contributed by atoms with Crippen molar-refractivity contribution in [1.29, 1.82) is 0 Å². The van der Waals surface area contributed by atoms with E-state index in [9.17, 15) is 4.79 Å². The Hall–Kier alpha value is -1.63. The van der Waals surface area contributed by atoms with Gasteiger partial charge in [-0.3, -0.25) is 4.79 Å². The summed E-state index contributed by atoms with van der Waals surface area (Å²) >= 11 is 0. The average Bonchev–Trinajstić information content (AvgIpc) is 2.16. The van der Waals surface area contributed by atoms with E-state index >= 15 is 0 Å². The van der Waals surface area contributed by atoms with Gasteiger partial charge in [0.05, 0.1) is 0 Å². The van der Waals surface area contributed by atoms with Gasteiger partial charge in [0.2, 0.25) is 0 Å². The van der Waals surface area contributed by atoms with Crippen LogP contribution in [-0.4, -0.2) is 6.29 Å². The number of hydrogen-bond donors (Lipinski definition) is 0. The Morgan fingerprint density at radius 1 is 1.25 bits per heavy atom. The standard InChI is InChI=1S/C11H10O/c1-2-10(9-12)8-11-6-4-3-5-7-11/h2-9H,1H2/b10-8+. The van der Waals surface area contributed by atoms with Crippen LogP contribution in [0, 0.1) is 0 Å². The van der Waals surface area contributed by atoms with Gasteiger partial charge in [-0.1, -0.05) is 43.0 Å². The topological polar surface area (TPSA) is 17.1 Å². The van der Waals surface area contributed by atoms with Gasteiger partial charge in [-0.15, -0.1) is 0 Å². The highest BCUT2D eigenvalue weighted by Crippen LogP contribution is 2.04. The van der Waals surface area contributed by atoms with Crippen molar-refractivity contribution in [1.82, 2.24) is 0 Å². The van der Waals surface area contributed by atoms with E-state index in [-0.39, 0.29) is 0 Å². The zero-order valence-corrected chi connectivity index (χ0v) is 6.73. The Morgan fingerprint density at radius 3 is 2.42 bits per heavy atom. The van der Waals surface area contributed by atoms with Crippen molar-refractivity contribution >= 4 is 12.4 Å². The van der Waals surface area contributed by atoms with Crippen molar-refractivity contribution in [3.63, 3.8) is 0 Å². The SMILES string of the molecule is C=C/C(C=O)=C\c1ccccc1. The molecule has 0 aliphatic rings. The summed E-state index contributed by atoms with van der Waals surface area (Å²) in [6.07, 6.45) is 4.12. The third kappa shape index (κ3) is 2.20. The van der Waals surface area contributed by atoms with E-state index in [4.69, 9.17) is 0 Å². The number of carbonyl (C=O) groups excluding carboxylic acids is 1. The molecule has 1 aromatic rings. The minimum absolute atomic E-state index is 0.598. The van der Waals surface area contributed by atoms with Crippen LogP contribution in [0.4, 0.5) is 0 Å². The Morgan fingerprint density at radius 2 is 1.92 bits per heavy atom. The summed E-state index contributed by atoms with van der Waals surface area (Å²) in [6, 6.07) is 9.67. The third-order valence-electron chi connectivity index (χ3n) is 1.50. The number of allylic oxidation sites excluding steroid dienone is 2. The summed E-state index contributed by atoms with van der Waals surface area (Å²) in [6.45, 7) is 3.53. The lowest BCUT2D eigenvalue weighted by Crippen LogP contribution is -1.78. The fourth-order valence-electron chi connectivity index (χ4n) is 0.883. The average molecular weight is 158 g/mol. The Kier molecular flexibility index (Phi) is 3.03. The van der Waals surface area contributed by atoms with Gasteiger partial charge in [-0.05, 0) is 11.6 Å². The molecule has 60 valence electrons. The minimum atomic E-state index is 0.598. The molecule has 1 nitrogen and oxygen atoms in total. The lowest BCUT2D eigenvalue weighted by Gasteiger charge is -1.91. The lowest BCUT2D eigenvalue weighted by molar-refractivity contribution is -0.104. The third-order valence-corrected chi connectivity index (χ3v) is 1.50. The molecule has 1 rings (SSSR count). The second-order valence-corrected chi connectivity index (χ2v) is 2.38. The summed E-state index contributed by atoms with van der Waals surface area (Å²) in [4.78, 5) is 10.4. The lowest BCUT2D eigenvalue weighted by atomic mass is 10.1. The maximum absolute atomic E-state index is 10.4. The molecule has 1 heteroatoms. The first-order chi connectivity index (χ1) is 5.86. The summed E-state index contributed by atoms with van der Waals surface area (Å²) in [5.74, 6) is 0. The smallest absolute Gasteiger partial charge is 0.150 e. The number of benzene rings is 1. The largest absolute Gasteiger partial charge is 0.298 e. The second kappa shape index (κ2) is 4.29. The molecule has 0 radical (unpaired) electrons. The zero-order valence-electron chi connectivity index (χ0n) is 6.73. The van der Waals surface area contributed by atoms with E-state index in [1.54, 1.807) is 12.2 Å². The number of hydrogen-bond acceptors (Lipinski definition) is 1. The van der Waals surface area contributed by atoms with E-state index in [2.05, 4.69) is 6.58 Å². The van der Waals surface area contributed by atoms with Gasteiger partial charge in [-0.2, -0.15) is 0 Å². The van der Waals surface area contributed by atoms with Crippen LogP contribution in [0.3, 0.4) is 0 Å². The van der Waals surface area contributed by atoms with E-state index in [1.807, 2.05) is 30.3 Å². The van der Waals surface area contributed by atoms with E-state index < -0.39 is 0 Å². The van der Waals surface area contributed by atoms with Gasteiger partial charge in [0.25, 0.3) is 0 Å². The molecule has 0 heterocycles. The molecule has 0 N–H and O–H groups in total. The van der Waals surface area contributed by atoms with Crippen LogP contribution in [0.25, 0.3) is 6.08 Å². The van der Waals surface area contributed by atoms with Gasteiger partial charge in [0.1, 0.15) is 6.29 Å². The van der Waals surface area contributed by atoms with Crippen LogP contribution in [0.1, 0.15) is 5.56 Å². The first kappa shape index (κ1) is 8.47. The monoisotopic (exact) mass is 158 g/mol. The van der Waals surface area contributed by atoms with Crippen molar-refractivity contribution in [3.05, 3.63) is 54.1 Å². The molecule has 0 amide bonds.